The van der Waals surface area contributed by atoms with Crippen LogP contribution in [0.25, 0.3) is 22.5 Å². The normalized spacial score (nSPS) is 16.6. The molecule has 3 atom stereocenters. The molecule has 1 aliphatic rings. The van der Waals surface area contributed by atoms with Crippen LogP contribution in [0.1, 0.15) is 73.6 Å². The fourth-order valence-corrected chi connectivity index (χ4v) is 6.66. The molecule has 1 aromatic heterocycles. The van der Waals surface area contributed by atoms with Crippen LogP contribution in [0.15, 0.2) is 60.8 Å². The fourth-order valence-electron chi connectivity index (χ4n) is 6.66. The molecule has 62 heavy (non-hydrogen) atoms. The number of amides is 4. The molecule has 0 spiro atoms. The quantitative estimate of drug-likeness (QED) is 0.0846. The van der Waals surface area contributed by atoms with Crippen molar-refractivity contribution in [1.82, 2.24) is 30.8 Å². The maximum atomic E-state index is 14.3. The van der Waals surface area contributed by atoms with Crippen molar-refractivity contribution in [2.45, 2.75) is 70.5 Å². The number of phenols is 1. The summed E-state index contributed by atoms with van der Waals surface area (Å²) in [5.41, 5.74) is 20.4. The Labute approximate surface area is 359 Å². The molecule has 11 N–H and O–H groups in total. The van der Waals surface area contributed by atoms with E-state index in [0.29, 0.717) is 47.7 Å². The van der Waals surface area contributed by atoms with Gasteiger partial charge in [0, 0.05) is 36.4 Å². The lowest BCUT2D eigenvalue weighted by Crippen LogP contribution is -2.53. The van der Waals surface area contributed by atoms with E-state index < -0.39 is 54.3 Å². The minimum absolute atomic E-state index is 0.0541. The maximum absolute atomic E-state index is 14.3. The highest BCUT2D eigenvalue weighted by Gasteiger charge is 2.34. The Hall–Kier alpha value is -6.79. The van der Waals surface area contributed by atoms with Gasteiger partial charge >= 0.3 is 5.97 Å². The van der Waals surface area contributed by atoms with E-state index in [1.54, 1.807) is 18.2 Å². The number of hydrogen-bond donors (Lipinski definition) is 8. The van der Waals surface area contributed by atoms with Crippen LogP contribution in [0.5, 0.6) is 17.2 Å². The number of hydrogen-bond acceptors (Lipinski definition) is 13. The third kappa shape index (κ3) is 11.1. The highest BCUT2D eigenvalue weighted by Crippen LogP contribution is 2.44. The Bertz CT molecular complexity index is 2300. The number of nitrogen functional groups attached to an aromatic ring is 1. The van der Waals surface area contributed by atoms with E-state index in [4.69, 9.17) is 26.7 Å². The number of carbonyl (C=O) groups is 5. The Morgan fingerprint density at radius 1 is 0.919 bits per heavy atom. The van der Waals surface area contributed by atoms with Crippen LogP contribution in [-0.2, 0) is 31.0 Å². The smallest absolute Gasteiger partial charge is 0.326 e. The van der Waals surface area contributed by atoms with Crippen molar-refractivity contribution >= 4 is 35.4 Å². The van der Waals surface area contributed by atoms with Gasteiger partial charge < -0.3 is 57.7 Å². The summed E-state index contributed by atoms with van der Waals surface area (Å²) in [5, 5.41) is 29.4. The number of aliphatic carboxylic acids is 1. The second-order valence-corrected chi connectivity index (χ2v) is 16.0. The molecular weight excluding hydrogens is 799 g/mol. The Morgan fingerprint density at radius 2 is 1.58 bits per heavy atom. The van der Waals surface area contributed by atoms with Crippen molar-refractivity contribution in [3.05, 3.63) is 83.0 Å². The van der Waals surface area contributed by atoms with Gasteiger partial charge in [-0.15, -0.1) is 0 Å². The first-order valence-electron chi connectivity index (χ1n) is 20.2. The number of carboxylic acids is 1. The lowest BCUT2D eigenvalue weighted by molar-refractivity contribution is -0.142. The number of aromatic nitrogens is 2. The molecule has 0 unspecified atom stereocenters. The molecule has 4 bridgehead atoms. The molecule has 0 radical (unpaired) electrons. The summed E-state index contributed by atoms with van der Waals surface area (Å²) in [4.78, 5) is 77.1. The van der Waals surface area contributed by atoms with Gasteiger partial charge in [-0.2, -0.15) is 0 Å². The molecule has 0 fully saturated rings. The highest BCUT2D eigenvalue weighted by molar-refractivity contribution is 6.00. The molecule has 18 heteroatoms. The van der Waals surface area contributed by atoms with Crippen LogP contribution in [-0.4, -0.2) is 107 Å². The van der Waals surface area contributed by atoms with Crippen LogP contribution < -0.4 is 42.6 Å². The van der Waals surface area contributed by atoms with Crippen LogP contribution in [0.2, 0.25) is 0 Å². The van der Waals surface area contributed by atoms with E-state index in [9.17, 15) is 34.2 Å². The van der Waals surface area contributed by atoms with E-state index in [0.717, 1.165) is 10.5 Å². The fraction of sp³-hybridized carbons (Fsp3) is 0.386. The number of phenolic OH excluding ortho intramolecular Hbond substituents is 1. The number of carboxylic acid groups (broad SMARTS) is 1. The summed E-state index contributed by atoms with van der Waals surface area (Å²) in [6, 6.07) is 11.2. The number of nitrogens with one attached hydrogen (secondary N) is 3. The SMILES string of the molecule is C[C@@H]1NC(=O)[C@@H](N(C)C(=O)CNC(=O)c2cnc(-c3ccc(C(C)(C)C)cc3)nc2N)c2cc(OCCCN)c(O)c(c2)-c2cc(ccc2OCCCN)C[C@@H](C(=O)O)NC1=O. The minimum Gasteiger partial charge on any atom is -0.504 e. The zero-order chi connectivity index (χ0) is 45.3. The van der Waals surface area contributed by atoms with Gasteiger partial charge in [-0.3, -0.25) is 19.2 Å². The van der Waals surface area contributed by atoms with Crippen LogP contribution in [0, 0.1) is 0 Å². The number of nitrogens with two attached hydrogens (primary N) is 3. The van der Waals surface area contributed by atoms with Gasteiger partial charge in [0.05, 0.1) is 25.3 Å². The molecule has 5 rings (SSSR count). The minimum atomic E-state index is -1.51. The molecule has 18 nitrogen and oxygen atoms in total. The van der Waals surface area contributed by atoms with Gasteiger partial charge in [0.1, 0.15) is 29.7 Å². The van der Waals surface area contributed by atoms with E-state index in [2.05, 4.69) is 46.7 Å². The first-order valence-corrected chi connectivity index (χ1v) is 20.2. The molecule has 0 saturated heterocycles. The van der Waals surface area contributed by atoms with Crippen LogP contribution in [0.3, 0.4) is 0 Å². The number of aromatic hydroxyl groups is 1. The third-order valence-corrected chi connectivity index (χ3v) is 10.3. The summed E-state index contributed by atoms with van der Waals surface area (Å²) in [6.45, 7) is 7.95. The number of ether oxygens (including phenoxy) is 2. The zero-order valence-electron chi connectivity index (χ0n) is 35.5. The highest BCUT2D eigenvalue weighted by atomic mass is 16.5. The lowest BCUT2D eigenvalue weighted by atomic mass is 9.87. The number of fused-ring (bicyclic) bond motifs is 5. The monoisotopic (exact) mass is 853 g/mol. The molecule has 330 valence electrons. The second-order valence-electron chi connectivity index (χ2n) is 16.0. The van der Waals surface area contributed by atoms with Gasteiger partial charge in [0.25, 0.3) is 5.91 Å². The predicted molar refractivity (Wildman–Crippen MR) is 231 cm³/mol. The Morgan fingerprint density at radius 3 is 2.19 bits per heavy atom. The van der Waals surface area contributed by atoms with Crippen molar-refractivity contribution in [3.63, 3.8) is 0 Å². The van der Waals surface area contributed by atoms with Gasteiger partial charge in [-0.25, -0.2) is 14.8 Å². The maximum Gasteiger partial charge on any atom is 0.326 e. The topological polar surface area (TPSA) is 287 Å². The van der Waals surface area contributed by atoms with E-state index in [1.165, 1.54) is 32.3 Å². The van der Waals surface area contributed by atoms with Crippen molar-refractivity contribution in [2.75, 3.05) is 45.6 Å². The number of benzene rings is 3. The van der Waals surface area contributed by atoms with E-state index >= 15 is 0 Å². The van der Waals surface area contributed by atoms with Gasteiger partial charge in [0.2, 0.25) is 17.7 Å². The van der Waals surface area contributed by atoms with E-state index in [-0.39, 0.29) is 65.6 Å². The lowest BCUT2D eigenvalue weighted by Gasteiger charge is -2.30. The number of rotatable bonds is 14. The van der Waals surface area contributed by atoms with Crippen molar-refractivity contribution in [2.24, 2.45) is 11.5 Å². The average molecular weight is 854 g/mol. The zero-order valence-corrected chi connectivity index (χ0v) is 35.5. The van der Waals surface area contributed by atoms with E-state index in [1.807, 2.05) is 24.3 Å². The summed E-state index contributed by atoms with van der Waals surface area (Å²) >= 11 is 0. The first kappa shape index (κ1) is 46.3. The van der Waals surface area contributed by atoms with Crippen LogP contribution >= 0.6 is 0 Å². The molecular formula is C44H55N9O9. The molecule has 3 aromatic carbocycles. The van der Waals surface area contributed by atoms with Crippen molar-refractivity contribution in [1.29, 1.82) is 0 Å². The average Bonchev–Trinajstić information content (AvgIpc) is 3.23. The summed E-state index contributed by atoms with van der Waals surface area (Å²) in [5.74, 6) is -4.37. The third-order valence-electron chi connectivity index (χ3n) is 10.3. The molecule has 0 aliphatic carbocycles. The second kappa shape index (κ2) is 20.2. The van der Waals surface area contributed by atoms with Gasteiger partial charge in [0.15, 0.2) is 17.3 Å². The molecule has 1 aliphatic heterocycles. The molecule has 4 aromatic rings. The summed E-state index contributed by atoms with van der Waals surface area (Å²) in [7, 11) is 1.33. The molecule has 0 saturated carbocycles. The van der Waals surface area contributed by atoms with Gasteiger partial charge in [-0.1, -0.05) is 51.1 Å². The number of carbonyl (C=O) groups excluding carboxylic acids is 4. The first-order chi connectivity index (χ1) is 29.4. The number of anilines is 1. The number of likely N-dealkylation sites (N-methyl/N-ethyl adjacent to an activating group) is 1. The number of nitrogens with zero attached hydrogens (tertiary/aromatic N) is 3. The Kier molecular flexibility index (Phi) is 15.1. The summed E-state index contributed by atoms with van der Waals surface area (Å²) in [6.07, 6.45) is 2.01. The largest absolute Gasteiger partial charge is 0.504 e. The molecule has 2 heterocycles. The molecule has 4 amide bonds. The standard InChI is InChI=1S/C44H55N9O9/c1-24-40(56)51-32(43(59)60)19-25-8-13-33(61-16-6-14-45)29(18-25)30-20-27(21-34(37(30)55)62-17-7-15-46)36(42(58)50-24)53(5)35(54)23-49-41(57)31-22-48-39(52-38(31)47)26-9-11-28(12-10-26)44(2,3)4/h8-13,18,20-22,24,32,36,55H,6-7,14-17,19,23,45-46H2,1-5H3,(H,49,57)(H,50,58)(H,51,56)(H,59,60)(H2,47,48,52)/t24-,32-,36-/m0/s1. The summed E-state index contributed by atoms with van der Waals surface area (Å²) < 4.78 is 12.0. The van der Waals surface area contributed by atoms with Crippen LogP contribution in [0.4, 0.5) is 5.82 Å². The van der Waals surface area contributed by atoms with Gasteiger partial charge in [-0.05, 0) is 79.2 Å². The van der Waals surface area contributed by atoms with Crippen molar-refractivity contribution < 1.29 is 43.7 Å². The Balaban J connectivity index is 1.52. The van der Waals surface area contributed by atoms with Crippen molar-refractivity contribution in [3.8, 4) is 39.8 Å². The predicted octanol–water partition coefficient (Wildman–Crippen LogP) is 2.41.